The van der Waals surface area contributed by atoms with Crippen LogP contribution in [-0.2, 0) is 24.1 Å². The number of carbonyl (C=O) groups is 2. The molecule has 6 heteroatoms. The van der Waals surface area contributed by atoms with E-state index in [4.69, 9.17) is 5.73 Å². The average molecular weight is 334 g/mol. The van der Waals surface area contributed by atoms with Gasteiger partial charge in [-0.05, 0) is 53.1 Å². The predicted molar refractivity (Wildman–Crippen MR) is 90.7 cm³/mol. The van der Waals surface area contributed by atoms with Gasteiger partial charge in [-0.25, -0.2) is 0 Å². The van der Waals surface area contributed by atoms with Crippen LogP contribution in [0.25, 0.3) is 0 Å². The van der Waals surface area contributed by atoms with Gasteiger partial charge in [0.1, 0.15) is 5.00 Å². The standard InChI is InChI=1S/C16H18N2O2S2/c1-9-2-3-11-12(6-9)22-16(14(11)15(17)20)18-13(19)7-10-4-5-21-8-10/h4-5,8-9H,2-3,6-7H2,1H3,(H2,17,20)(H,18,19)/t9-/m1/s1. The molecular formula is C16H18N2O2S2. The van der Waals surface area contributed by atoms with Gasteiger partial charge in [-0.3, -0.25) is 9.59 Å². The SMILES string of the molecule is C[C@@H]1CCc2c(sc(NC(=O)Cc3ccsc3)c2C(N)=O)C1. The molecule has 0 unspecified atom stereocenters. The summed E-state index contributed by atoms with van der Waals surface area (Å²) in [6.07, 6.45) is 3.21. The summed E-state index contributed by atoms with van der Waals surface area (Å²) in [4.78, 5) is 25.2. The molecule has 116 valence electrons. The number of amides is 2. The first-order valence-electron chi connectivity index (χ1n) is 7.30. The molecule has 2 aromatic heterocycles. The number of primary amides is 1. The summed E-state index contributed by atoms with van der Waals surface area (Å²) < 4.78 is 0. The van der Waals surface area contributed by atoms with Crippen LogP contribution in [0.1, 0.15) is 39.7 Å². The summed E-state index contributed by atoms with van der Waals surface area (Å²) in [5, 5.41) is 7.40. The molecule has 1 atom stereocenters. The van der Waals surface area contributed by atoms with Crippen molar-refractivity contribution < 1.29 is 9.59 Å². The van der Waals surface area contributed by atoms with E-state index in [2.05, 4.69) is 12.2 Å². The molecule has 0 saturated heterocycles. The fourth-order valence-corrected chi connectivity index (χ4v) is 4.95. The minimum atomic E-state index is -0.446. The number of nitrogens with one attached hydrogen (secondary N) is 1. The Balaban J connectivity index is 1.84. The maximum Gasteiger partial charge on any atom is 0.251 e. The Bertz CT molecular complexity index is 704. The number of hydrogen-bond donors (Lipinski definition) is 2. The van der Waals surface area contributed by atoms with Crippen LogP contribution >= 0.6 is 22.7 Å². The molecule has 2 amide bonds. The normalized spacial score (nSPS) is 17.0. The highest BCUT2D eigenvalue weighted by Gasteiger charge is 2.27. The molecule has 0 fully saturated rings. The van der Waals surface area contributed by atoms with E-state index < -0.39 is 5.91 Å². The van der Waals surface area contributed by atoms with Crippen LogP contribution in [0.4, 0.5) is 5.00 Å². The molecule has 2 heterocycles. The number of hydrogen-bond acceptors (Lipinski definition) is 4. The van der Waals surface area contributed by atoms with E-state index in [0.717, 1.165) is 30.4 Å². The zero-order chi connectivity index (χ0) is 15.7. The molecule has 3 N–H and O–H groups in total. The molecular weight excluding hydrogens is 316 g/mol. The molecule has 0 bridgehead atoms. The maximum absolute atomic E-state index is 12.2. The number of rotatable bonds is 4. The van der Waals surface area contributed by atoms with Crippen LogP contribution in [0.3, 0.4) is 0 Å². The molecule has 1 aliphatic rings. The third-order valence-electron chi connectivity index (χ3n) is 3.96. The fraction of sp³-hybridized carbons (Fsp3) is 0.375. The lowest BCUT2D eigenvalue weighted by atomic mass is 9.88. The molecule has 4 nitrogen and oxygen atoms in total. The predicted octanol–water partition coefficient (Wildman–Crippen LogP) is 3.21. The van der Waals surface area contributed by atoms with Crippen LogP contribution in [-0.4, -0.2) is 11.8 Å². The summed E-state index contributed by atoms with van der Waals surface area (Å²) in [6, 6.07) is 1.93. The third-order valence-corrected chi connectivity index (χ3v) is 5.86. The van der Waals surface area contributed by atoms with Gasteiger partial charge in [0.05, 0.1) is 12.0 Å². The van der Waals surface area contributed by atoms with Gasteiger partial charge in [0, 0.05) is 4.88 Å². The highest BCUT2D eigenvalue weighted by Crippen LogP contribution is 2.39. The molecule has 0 saturated carbocycles. The molecule has 0 radical (unpaired) electrons. The van der Waals surface area contributed by atoms with Crippen molar-refractivity contribution in [2.24, 2.45) is 11.7 Å². The van der Waals surface area contributed by atoms with Crippen molar-refractivity contribution in [3.8, 4) is 0 Å². The van der Waals surface area contributed by atoms with Gasteiger partial charge in [-0.15, -0.1) is 11.3 Å². The van der Waals surface area contributed by atoms with Crippen molar-refractivity contribution in [1.82, 2.24) is 0 Å². The molecule has 0 aromatic carbocycles. The van der Waals surface area contributed by atoms with Gasteiger partial charge in [0.2, 0.25) is 5.91 Å². The fourth-order valence-electron chi connectivity index (χ4n) is 2.85. The largest absolute Gasteiger partial charge is 0.365 e. The summed E-state index contributed by atoms with van der Waals surface area (Å²) in [5.41, 5.74) is 8.09. The molecule has 0 spiro atoms. The topological polar surface area (TPSA) is 72.2 Å². The van der Waals surface area contributed by atoms with Crippen molar-refractivity contribution in [1.29, 1.82) is 0 Å². The van der Waals surface area contributed by atoms with Gasteiger partial charge < -0.3 is 11.1 Å². The Morgan fingerprint density at radius 3 is 2.95 bits per heavy atom. The van der Waals surface area contributed by atoms with Crippen LogP contribution in [0.5, 0.6) is 0 Å². The van der Waals surface area contributed by atoms with E-state index >= 15 is 0 Å². The van der Waals surface area contributed by atoms with Crippen molar-refractivity contribution >= 4 is 39.5 Å². The number of thiophene rings is 2. The highest BCUT2D eigenvalue weighted by molar-refractivity contribution is 7.17. The number of fused-ring (bicyclic) bond motifs is 1. The number of carbonyl (C=O) groups excluding carboxylic acids is 2. The number of nitrogens with two attached hydrogens (primary N) is 1. The minimum Gasteiger partial charge on any atom is -0.365 e. The molecule has 0 aliphatic heterocycles. The zero-order valence-corrected chi connectivity index (χ0v) is 14.0. The first kappa shape index (κ1) is 15.2. The summed E-state index contributed by atoms with van der Waals surface area (Å²) >= 11 is 3.07. The summed E-state index contributed by atoms with van der Waals surface area (Å²) in [5.74, 6) is 0.0617. The van der Waals surface area contributed by atoms with Gasteiger partial charge in [0.15, 0.2) is 0 Å². The lowest BCUT2D eigenvalue weighted by Crippen LogP contribution is -2.20. The quantitative estimate of drug-likeness (QED) is 0.901. The first-order chi connectivity index (χ1) is 10.5. The van der Waals surface area contributed by atoms with E-state index in [0.29, 0.717) is 22.9 Å². The zero-order valence-electron chi connectivity index (χ0n) is 12.3. The van der Waals surface area contributed by atoms with Crippen LogP contribution < -0.4 is 11.1 Å². The Morgan fingerprint density at radius 2 is 2.27 bits per heavy atom. The second kappa shape index (κ2) is 6.22. The van der Waals surface area contributed by atoms with Gasteiger partial charge >= 0.3 is 0 Å². The Morgan fingerprint density at radius 1 is 1.45 bits per heavy atom. The average Bonchev–Trinajstić information content (AvgIpc) is 3.04. The van der Waals surface area contributed by atoms with Crippen LogP contribution in [0.2, 0.25) is 0 Å². The molecule has 22 heavy (non-hydrogen) atoms. The maximum atomic E-state index is 12.2. The Labute approximate surface area is 137 Å². The second-order valence-corrected chi connectivity index (χ2v) is 7.66. The first-order valence-corrected chi connectivity index (χ1v) is 9.05. The summed E-state index contributed by atoms with van der Waals surface area (Å²) in [6.45, 7) is 2.21. The molecule has 1 aliphatic carbocycles. The lowest BCUT2D eigenvalue weighted by Gasteiger charge is -2.18. The van der Waals surface area contributed by atoms with Crippen LogP contribution in [0.15, 0.2) is 16.8 Å². The minimum absolute atomic E-state index is 0.104. The highest BCUT2D eigenvalue weighted by atomic mass is 32.1. The monoisotopic (exact) mass is 334 g/mol. The van der Waals surface area contributed by atoms with E-state index in [1.807, 2.05) is 16.8 Å². The summed E-state index contributed by atoms with van der Waals surface area (Å²) in [7, 11) is 0. The molecule has 3 rings (SSSR count). The Hall–Kier alpha value is -1.66. The lowest BCUT2D eigenvalue weighted by molar-refractivity contribution is -0.115. The van der Waals surface area contributed by atoms with E-state index in [-0.39, 0.29) is 5.91 Å². The smallest absolute Gasteiger partial charge is 0.251 e. The Kier molecular flexibility index (Phi) is 4.31. The van der Waals surface area contributed by atoms with Gasteiger partial charge in [0.25, 0.3) is 5.91 Å². The third kappa shape index (κ3) is 3.08. The van der Waals surface area contributed by atoms with E-state index in [1.165, 1.54) is 16.2 Å². The van der Waals surface area contributed by atoms with Crippen molar-refractivity contribution in [3.05, 3.63) is 38.4 Å². The van der Waals surface area contributed by atoms with Gasteiger partial charge in [-0.2, -0.15) is 11.3 Å². The van der Waals surface area contributed by atoms with Crippen LogP contribution in [0, 0.1) is 5.92 Å². The van der Waals surface area contributed by atoms with E-state index in [1.54, 1.807) is 11.3 Å². The number of anilines is 1. The van der Waals surface area contributed by atoms with Crippen molar-refractivity contribution in [3.63, 3.8) is 0 Å². The van der Waals surface area contributed by atoms with Crippen molar-refractivity contribution in [2.75, 3.05) is 5.32 Å². The molecule has 2 aromatic rings. The van der Waals surface area contributed by atoms with Gasteiger partial charge in [-0.1, -0.05) is 6.92 Å². The van der Waals surface area contributed by atoms with Crippen molar-refractivity contribution in [2.45, 2.75) is 32.6 Å². The second-order valence-electron chi connectivity index (χ2n) is 5.78. The van der Waals surface area contributed by atoms with E-state index in [9.17, 15) is 9.59 Å².